The maximum absolute atomic E-state index is 13.2. The van der Waals surface area contributed by atoms with E-state index < -0.39 is 23.6 Å². The summed E-state index contributed by atoms with van der Waals surface area (Å²) in [5.41, 5.74) is -0.688. The van der Waals surface area contributed by atoms with Gasteiger partial charge in [-0.05, 0) is 30.5 Å². The standard InChI is InChI=1S/C12H14F4/c1-2-3-4-5-8-6-9(13)11(12(15)16)10(14)7-8/h6-7,12H,2-5H2,1H3. The average molecular weight is 234 g/mol. The normalized spacial score (nSPS) is 11.1. The van der Waals surface area contributed by atoms with Crippen molar-refractivity contribution in [2.24, 2.45) is 0 Å². The summed E-state index contributed by atoms with van der Waals surface area (Å²) in [6, 6.07) is 2.00. The molecule has 0 saturated heterocycles. The molecule has 0 aliphatic rings. The number of hydrogen-bond donors (Lipinski definition) is 0. The van der Waals surface area contributed by atoms with Crippen LogP contribution in [0.3, 0.4) is 0 Å². The monoisotopic (exact) mass is 234 g/mol. The molecule has 0 amide bonds. The largest absolute Gasteiger partial charge is 0.269 e. The Morgan fingerprint density at radius 1 is 1.06 bits per heavy atom. The summed E-state index contributed by atoms with van der Waals surface area (Å²) in [7, 11) is 0. The molecule has 0 spiro atoms. The topological polar surface area (TPSA) is 0 Å². The van der Waals surface area contributed by atoms with Crippen molar-refractivity contribution in [3.63, 3.8) is 0 Å². The maximum atomic E-state index is 13.2. The highest BCUT2D eigenvalue weighted by Crippen LogP contribution is 2.26. The second-order valence-corrected chi connectivity index (χ2v) is 3.73. The fourth-order valence-corrected chi connectivity index (χ4v) is 1.57. The number of alkyl halides is 2. The first-order valence-corrected chi connectivity index (χ1v) is 5.32. The van der Waals surface area contributed by atoms with Crippen molar-refractivity contribution in [2.45, 2.75) is 39.0 Å². The lowest BCUT2D eigenvalue weighted by Gasteiger charge is -2.07. The van der Waals surface area contributed by atoms with Crippen LogP contribution in [0.5, 0.6) is 0 Å². The van der Waals surface area contributed by atoms with Gasteiger partial charge < -0.3 is 0 Å². The lowest BCUT2D eigenvalue weighted by atomic mass is 10.0. The third kappa shape index (κ3) is 3.22. The van der Waals surface area contributed by atoms with E-state index in [9.17, 15) is 17.6 Å². The average Bonchev–Trinajstić information content (AvgIpc) is 2.16. The molecule has 1 aromatic carbocycles. The van der Waals surface area contributed by atoms with Gasteiger partial charge in [-0.1, -0.05) is 19.8 Å². The van der Waals surface area contributed by atoms with Crippen molar-refractivity contribution in [1.29, 1.82) is 0 Å². The van der Waals surface area contributed by atoms with Crippen LogP contribution in [0.25, 0.3) is 0 Å². The molecule has 0 aromatic heterocycles. The Labute approximate surface area is 92.3 Å². The van der Waals surface area contributed by atoms with E-state index in [1.807, 2.05) is 6.92 Å². The zero-order valence-corrected chi connectivity index (χ0v) is 9.07. The van der Waals surface area contributed by atoms with Crippen LogP contribution >= 0.6 is 0 Å². The highest BCUT2D eigenvalue weighted by atomic mass is 19.3. The molecule has 0 aliphatic heterocycles. The molecule has 4 heteroatoms. The van der Waals surface area contributed by atoms with Gasteiger partial charge in [0.05, 0.1) is 5.56 Å². The first-order valence-electron chi connectivity index (χ1n) is 5.32. The van der Waals surface area contributed by atoms with Gasteiger partial charge in [0.2, 0.25) is 0 Å². The van der Waals surface area contributed by atoms with Crippen LogP contribution in [0.1, 0.15) is 43.7 Å². The van der Waals surface area contributed by atoms with Crippen molar-refractivity contribution < 1.29 is 17.6 Å². The molecule has 0 bridgehead atoms. The van der Waals surface area contributed by atoms with Gasteiger partial charge in [-0.2, -0.15) is 0 Å². The highest BCUT2D eigenvalue weighted by molar-refractivity contribution is 5.27. The van der Waals surface area contributed by atoms with E-state index in [0.29, 0.717) is 12.0 Å². The Hall–Kier alpha value is -1.06. The van der Waals surface area contributed by atoms with E-state index in [4.69, 9.17) is 0 Å². The third-order valence-corrected chi connectivity index (χ3v) is 2.43. The molecule has 1 rings (SSSR count). The van der Waals surface area contributed by atoms with Gasteiger partial charge in [0.25, 0.3) is 6.43 Å². The van der Waals surface area contributed by atoms with Crippen molar-refractivity contribution in [3.05, 3.63) is 34.9 Å². The molecule has 90 valence electrons. The van der Waals surface area contributed by atoms with Crippen molar-refractivity contribution in [3.8, 4) is 0 Å². The molecule has 0 radical (unpaired) electrons. The summed E-state index contributed by atoms with van der Waals surface area (Å²) in [6.07, 6.45) is 0.179. The van der Waals surface area contributed by atoms with Crippen molar-refractivity contribution in [2.75, 3.05) is 0 Å². The summed E-state index contributed by atoms with van der Waals surface area (Å²) < 4.78 is 50.8. The van der Waals surface area contributed by atoms with Gasteiger partial charge in [0.1, 0.15) is 11.6 Å². The van der Waals surface area contributed by atoms with E-state index in [1.165, 1.54) is 0 Å². The molecular formula is C12H14F4. The zero-order chi connectivity index (χ0) is 12.1. The molecule has 0 fully saturated rings. The summed E-state index contributed by atoms with van der Waals surface area (Å²) in [6.45, 7) is 2.01. The number of rotatable bonds is 5. The van der Waals surface area contributed by atoms with E-state index in [-0.39, 0.29) is 0 Å². The Morgan fingerprint density at radius 3 is 2.06 bits per heavy atom. The van der Waals surface area contributed by atoms with E-state index in [2.05, 4.69) is 0 Å². The summed E-state index contributed by atoms with van der Waals surface area (Å²) in [5, 5.41) is 0. The Kier molecular flexibility index (Phi) is 4.77. The number of unbranched alkanes of at least 4 members (excludes halogenated alkanes) is 2. The fraction of sp³-hybridized carbons (Fsp3) is 0.500. The smallest absolute Gasteiger partial charge is 0.206 e. The summed E-state index contributed by atoms with van der Waals surface area (Å²) in [4.78, 5) is 0. The number of halogens is 4. The summed E-state index contributed by atoms with van der Waals surface area (Å²) in [5.74, 6) is -2.30. The van der Waals surface area contributed by atoms with Crippen LogP contribution in [0, 0.1) is 11.6 Å². The molecule has 0 N–H and O–H groups in total. The maximum Gasteiger partial charge on any atom is 0.269 e. The Morgan fingerprint density at radius 2 is 1.62 bits per heavy atom. The number of benzene rings is 1. The van der Waals surface area contributed by atoms with Crippen molar-refractivity contribution >= 4 is 0 Å². The molecular weight excluding hydrogens is 220 g/mol. The quantitative estimate of drug-likeness (QED) is 0.514. The second-order valence-electron chi connectivity index (χ2n) is 3.73. The fourth-order valence-electron chi connectivity index (χ4n) is 1.57. The second kappa shape index (κ2) is 5.87. The van der Waals surface area contributed by atoms with Gasteiger partial charge in [-0.25, -0.2) is 17.6 Å². The molecule has 0 unspecified atom stereocenters. The van der Waals surface area contributed by atoms with Crippen LogP contribution in [0.4, 0.5) is 17.6 Å². The molecule has 0 atom stereocenters. The minimum Gasteiger partial charge on any atom is -0.206 e. The van der Waals surface area contributed by atoms with Gasteiger partial charge in [-0.3, -0.25) is 0 Å². The predicted molar refractivity (Wildman–Crippen MR) is 54.5 cm³/mol. The minimum absolute atomic E-state index is 0.438. The number of aryl methyl sites for hydroxylation is 1. The Balaban J connectivity index is 2.83. The van der Waals surface area contributed by atoms with Gasteiger partial charge in [0.15, 0.2) is 0 Å². The van der Waals surface area contributed by atoms with Crippen LogP contribution in [-0.2, 0) is 6.42 Å². The van der Waals surface area contributed by atoms with Crippen LogP contribution in [0.15, 0.2) is 12.1 Å². The molecule has 0 aliphatic carbocycles. The lowest BCUT2D eigenvalue weighted by Crippen LogP contribution is -1.99. The molecule has 0 saturated carbocycles. The van der Waals surface area contributed by atoms with Crippen LogP contribution in [-0.4, -0.2) is 0 Å². The summed E-state index contributed by atoms with van der Waals surface area (Å²) >= 11 is 0. The van der Waals surface area contributed by atoms with E-state index >= 15 is 0 Å². The molecule has 0 heterocycles. The van der Waals surface area contributed by atoms with Crippen LogP contribution < -0.4 is 0 Å². The van der Waals surface area contributed by atoms with E-state index in [1.54, 1.807) is 0 Å². The minimum atomic E-state index is -3.11. The third-order valence-electron chi connectivity index (χ3n) is 2.43. The van der Waals surface area contributed by atoms with Gasteiger partial charge >= 0.3 is 0 Å². The molecule has 0 nitrogen and oxygen atoms in total. The van der Waals surface area contributed by atoms with Gasteiger partial charge in [0, 0.05) is 0 Å². The Bertz CT molecular complexity index is 324. The predicted octanol–water partition coefficient (Wildman–Crippen LogP) is 4.64. The van der Waals surface area contributed by atoms with E-state index in [0.717, 1.165) is 31.4 Å². The molecule has 1 aromatic rings. The van der Waals surface area contributed by atoms with Gasteiger partial charge in [-0.15, -0.1) is 0 Å². The first kappa shape index (κ1) is 13.0. The first-order chi connectivity index (χ1) is 7.56. The van der Waals surface area contributed by atoms with Crippen LogP contribution in [0.2, 0.25) is 0 Å². The highest BCUT2D eigenvalue weighted by Gasteiger charge is 2.19. The number of hydrogen-bond acceptors (Lipinski definition) is 0. The zero-order valence-electron chi connectivity index (χ0n) is 9.07. The molecule has 16 heavy (non-hydrogen) atoms. The lowest BCUT2D eigenvalue weighted by molar-refractivity contribution is 0.141. The SMILES string of the molecule is CCCCCc1cc(F)c(C(F)F)c(F)c1. The van der Waals surface area contributed by atoms with Crippen molar-refractivity contribution in [1.82, 2.24) is 0 Å².